The lowest BCUT2D eigenvalue weighted by atomic mass is 9.98. The van der Waals surface area contributed by atoms with Gasteiger partial charge in [0.15, 0.2) is 0 Å². The first-order valence-corrected chi connectivity index (χ1v) is 7.28. The van der Waals surface area contributed by atoms with Gasteiger partial charge >= 0.3 is 6.18 Å². The van der Waals surface area contributed by atoms with E-state index in [-0.39, 0.29) is 0 Å². The topological polar surface area (TPSA) is 71.8 Å². The standard InChI is InChI=1S/C17H14F3N3O/c1-2-9-7-22-16-13(9)5-11(8-23-16)10-3-4-12(15(21)24)14(6-10)17(18,19)20/h3-8H,2H2,1H3,(H2,21,24)(H,22,23). The molecule has 0 aliphatic carbocycles. The van der Waals surface area contributed by atoms with Crippen molar-refractivity contribution in [3.8, 4) is 11.1 Å². The van der Waals surface area contributed by atoms with Gasteiger partial charge in [0.25, 0.3) is 0 Å². The number of nitrogens with two attached hydrogens (primary N) is 1. The monoisotopic (exact) mass is 333 g/mol. The second-order valence-corrected chi connectivity index (χ2v) is 5.41. The first-order valence-electron chi connectivity index (χ1n) is 7.28. The first kappa shape index (κ1) is 16.0. The van der Waals surface area contributed by atoms with Gasteiger partial charge in [-0.15, -0.1) is 0 Å². The molecule has 0 saturated heterocycles. The number of hydrogen-bond donors (Lipinski definition) is 2. The van der Waals surface area contributed by atoms with E-state index in [1.165, 1.54) is 12.3 Å². The molecule has 3 N–H and O–H groups in total. The van der Waals surface area contributed by atoms with Crippen LogP contribution in [0.4, 0.5) is 13.2 Å². The maximum Gasteiger partial charge on any atom is 0.417 e. The number of nitrogens with zero attached hydrogens (tertiary/aromatic N) is 1. The number of alkyl halides is 3. The van der Waals surface area contributed by atoms with Crippen LogP contribution in [-0.2, 0) is 12.6 Å². The summed E-state index contributed by atoms with van der Waals surface area (Å²) >= 11 is 0. The van der Waals surface area contributed by atoms with Gasteiger partial charge in [-0.1, -0.05) is 13.0 Å². The quantitative estimate of drug-likeness (QED) is 0.763. The number of benzene rings is 1. The Kier molecular flexibility index (Phi) is 3.79. The van der Waals surface area contributed by atoms with E-state index in [1.807, 2.05) is 13.1 Å². The summed E-state index contributed by atoms with van der Waals surface area (Å²) in [6.45, 7) is 1.98. The molecule has 0 saturated carbocycles. The van der Waals surface area contributed by atoms with Crippen LogP contribution in [0.5, 0.6) is 0 Å². The van der Waals surface area contributed by atoms with Crippen LogP contribution in [0.1, 0.15) is 28.4 Å². The summed E-state index contributed by atoms with van der Waals surface area (Å²) in [6.07, 6.45) is -0.559. The summed E-state index contributed by atoms with van der Waals surface area (Å²) in [6, 6.07) is 5.26. The van der Waals surface area contributed by atoms with Crippen LogP contribution < -0.4 is 5.73 Å². The Balaban J connectivity index is 2.17. The van der Waals surface area contributed by atoms with Gasteiger partial charge < -0.3 is 10.7 Å². The molecule has 0 radical (unpaired) electrons. The molecule has 7 heteroatoms. The number of rotatable bonds is 3. The van der Waals surface area contributed by atoms with Crippen molar-refractivity contribution in [3.63, 3.8) is 0 Å². The van der Waals surface area contributed by atoms with E-state index in [0.717, 1.165) is 29.5 Å². The highest BCUT2D eigenvalue weighted by Crippen LogP contribution is 2.35. The number of aromatic nitrogens is 2. The van der Waals surface area contributed by atoms with E-state index in [1.54, 1.807) is 6.07 Å². The predicted molar refractivity (Wildman–Crippen MR) is 84.4 cm³/mol. The van der Waals surface area contributed by atoms with Crippen LogP contribution in [0.15, 0.2) is 36.7 Å². The summed E-state index contributed by atoms with van der Waals surface area (Å²) in [5.74, 6) is -1.11. The Hall–Kier alpha value is -2.83. The zero-order chi connectivity index (χ0) is 17.5. The van der Waals surface area contributed by atoms with E-state index in [9.17, 15) is 18.0 Å². The minimum atomic E-state index is -4.67. The van der Waals surface area contributed by atoms with Crippen molar-refractivity contribution >= 4 is 16.9 Å². The number of primary amides is 1. The first-order chi connectivity index (χ1) is 11.3. The molecule has 0 aliphatic rings. The number of aromatic amines is 1. The second kappa shape index (κ2) is 5.67. The van der Waals surface area contributed by atoms with Gasteiger partial charge in [0.1, 0.15) is 5.65 Å². The highest BCUT2D eigenvalue weighted by Gasteiger charge is 2.35. The molecular formula is C17H14F3N3O. The van der Waals surface area contributed by atoms with Crippen LogP contribution in [0.2, 0.25) is 0 Å². The SMILES string of the molecule is CCc1c[nH]c2ncc(-c3ccc(C(N)=O)c(C(F)(F)F)c3)cc12. The maximum absolute atomic E-state index is 13.2. The number of carbonyl (C=O) groups is 1. The fourth-order valence-corrected chi connectivity index (χ4v) is 2.68. The summed E-state index contributed by atoms with van der Waals surface area (Å²) in [5, 5.41) is 0.863. The van der Waals surface area contributed by atoms with Gasteiger partial charge in [0, 0.05) is 23.3 Å². The van der Waals surface area contributed by atoms with E-state index >= 15 is 0 Å². The molecule has 0 spiro atoms. The molecule has 3 aromatic rings. The summed E-state index contributed by atoms with van der Waals surface area (Å²) in [7, 11) is 0. The molecule has 124 valence electrons. The van der Waals surface area contributed by atoms with Gasteiger partial charge in [0.2, 0.25) is 5.91 Å². The lowest BCUT2D eigenvalue weighted by Crippen LogP contribution is -2.18. The van der Waals surface area contributed by atoms with E-state index in [0.29, 0.717) is 16.8 Å². The number of amides is 1. The van der Waals surface area contributed by atoms with Crippen molar-refractivity contribution in [2.75, 3.05) is 0 Å². The van der Waals surface area contributed by atoms with E-state index in [4.69, 9.17) is 5.73 Å². The number of hydrogen-bond acceptors (Lipinski definition) is 2. The average Bonchev–Trinajstić information content (AvgIpc) is 2.95. The number of fused-ring (bicyclic) bond motifs is 1. The fourth-order valence-electron chi connectivity index (χ4n) is 2.68. The normalized spacial score (nSPS) is 11.8. The Labute approximate surface area is 135 Å². The number of pyridine rings is 1. The molecule has 4 nitrogen and oxygen atoms in total. The Morgan fingerprint density at radius 3 is 2.62 bits per heavy atom. The Bertz CT molecular complexity index is 928. The number of nitrogens with one attached hydrogen (secondary N) is 1. The van der Waals surface area contributed by atoms with Crippen LogP contribution in [0.3, 0.4) is 0 Å². The minimum absolute atomic E-state index is 0.324. The van der Waals surface area contributed by atoms with Gasteiger partial charge in [-0.3, -0.25) is 4.79 Å². The summed E-state index contributed by atoms with van der Waals surface area (Å²) in [5.41, 5.74) is 6.03. The molecule has 3 rings (SSSR count). The third-order valence-corrected chi connectivity index (χ3v) is 3.92. The molecular weight excluding hydrogens is 319 g/mol. The number of aryl methyl sites for hydroxylation is 1. The maximum atomic E-state index is 13.2. The van der Waals surface area contributed by atoms with Gasteiger partial charge in [0.05, 0.1) is 11.1 Å². The van der Waals surface area contributed by atoms with Crippen molar-refractivity contribution in [1.82, 2.24) is 9.97 Å². The van der Waals surface area contributed by atoms with Crippen LogP contribution in [0.25, 0.3) is 22.2 Å². The largest absolute Gasteiger partial charge is 0.417 e. The molecule has 0 aliphatic heterocycles. The average molecular weight is 333 g/mol. The molecule has 0 fully saturated rings. The fraction of sp³-hybridized carbons (Fsp3) is 0.176. The van der Waals surface area contributed by atoms with Crippen molar-refractivity contribution in [2.45, 2.75) is 19.5 Å². The highest BCUT2D eigenvalue weighted by atomic mass is 19.4. The summed E-state index contributed by atoms with van der Waals surface area (Å²) < 4.78 is 39.6. The molecule has 0 unspecified atom stereocenters. The minimum Gasteiger partial charge on any atom is -0.366 e. The molecule has 2 aromatic heterocycles. The smallest absolute Gasteiger partial charge is 0.366 e. The lowest BCUT2D eigenvalue weighted by Gasteiger charge is -2.13. The molecule has 1 aromatic carbocycles. The van der Waals surface area contributed by atoms with Crippen molar-refractivity contribution in [2.24, 2.45) is 5.73 Å². The van der Waals surface area contributed by atoms with Gasteiger partial charge in [-0.25, -0.2) is 4.98 Å². The zero-order valence-corrected chi connectivity index (χ0v) is 12.7. The number of H-pyrrole nitrogens is 1. The number of halogens is 3. The lowest BCUT2D eigenvalue weighted by molar-refractivity contribution is -0.137. The third-order valence-electron chi connectivity index (χ3n) is 3.92. The number of carbonyl (C=O) groups excluding carboxylic acids is 1. The van der Waals surface area contributed by atoms with Gasteiger partial charge in [-0.2, -0.15) is 13.2 Å². The van der Waals surface area contributed by atoms with Crippen LogP contribution in [-0.4, -0.2) is 15.9 Å². The Morgan fingerprint density at radius 2 is 2.00 bits per heavy atom. The van der Waals surface area contributed by atoms with Crippen molar-refractivity contribution in [1.29, 1.82) is 0 Å². The molecule has 0 atom stereocenters. The summed E-state index contributed by atoms with van der Waals surface area (Å²) in [4.78, 5) is 18.5. The molecule has 2 heterocycles. The molecule has 1 amide bonds. The van der Waals surface area contributed by atoms with E-state index < -0.39 is 23.2 Å². The Morgan fingerprint density at radius 1 is 1.25 bits per heavy atom. The third kappa shape index (κ3) is 2.73. The highest BCUT2D eigenvalue weighted by molar-refractivity contribution is 5.95. The predicted octanol–water partition coefficient (Wildman–Crippen LogP) is 3.91. The van der Waals surface area contributed by atoms with Crippen molar-refractivity contribution < 1.29 is 18.0 Å². The van der Waals surface area contributed by atoms with Crippen LogP contribution in [0, 0.1) is 0 Å². The molecule has 0 bridgehead atoms. The second-order valence-electron chi connectivity index (χ2n) is 5.41. The van der Waals surface area contributed by atoms with Gasteiger partial charge in [-0.05, 0) is 35.7 Å². The van der Waals surface area contributed by atoms with E-state index in [2.05, 4.69) is 9.97 Å². The van der Waals surface area contributed by atoms with Crippen LogP contribution >= 0.6 is 0 Å². The molecule has 24 heavy (non-hydrogen) atoms. The van der Waals surface area contributed by atoms with Crippen molar-refractivity contribution in [3.05, 3.63) is 53.3 Å². The zero-order valence-electron chi connectivity index (χ0n) is 12.7.